The van der Waals surface area contributed by atoms with Crippen molar-refractivity contribution in [3.63, 3.8) is 0 Å². The normalized spacial score (nSPS) is 39.0. The molecule has 4 aliphatic carbocycles. The number of phenolic OH excluding ortho intramolecular Hbond substituents is 1. The van der Waals surface area contributed by atoms with Gasteiger partial charge in [0, 0.05) is 31.0 Å². The Kier molecular flexibility index (Phi) is 7.63. The lowest BCUT2D eigenvalue weighted by atomic mass is 9.43. The third-order valence-corrected chi connectivity index (χ3v) is 13.3. The molecule has 7 rings (SSSR count). The van der Waals surface area contributed by atoms with Crippen LogP contribution in [0.1, 0.15) is 49.8 Å². The predicted octanol–water partition coefficient (Wildman–Crippen LogP) is 4.08. The molecule has 4 fully saturated rings. The Labute approximate surface area is 276 Å². The van der Waals surface area contributed by atoms with E-state index in [0.29, 0.717) is 47.7 Å². The molecule has 2 aromatic carbocycles. The largest absolute Gasteiger partial charge is 0.508 e. The monoisotopic (exact) mass is 663 g/mol. The first-order valence-corrected chi connectivity index (χ1v) is 16.9. The Morgan fingerprint density at radius 1 is 1.04 bits per heavy atom. The number of hydrogen-bond donors (Lipinski definition) is 3. The van der Waals surface area contributed by atoms with Gasteiger partial charge < -0.3 is 15.3 Å². The van der Waals surface area contributed by atoms with Crippen LogP contribution in [0.25, 0.3) is 0 Å². The number of hydrogen-bond acceptors (Lipinski definition) is 7. The maximum atomic E-state index is 17.6. The van der Waals surface area contributed by atoms with E-state index in [-0.39, 0.29) is 35.9 Å². The van der Waals surface area contributed by atoms with Crippen molar-refractivity contribution in [2.45, 2.75) is 57.6 Å². The van der Waals surface area contributed by atoms with Crippen molar-refractivity contribution in [2.24, 2.45) is 34.0 Å². The van der Waals surface area contributed by atoms with Crippen LogP contribution in [0.4, 0.5) is 8.78 Å². The lowest BCUT2D eigenvalue weighted by molar-refractivity contribution is -0.212. The first kappa shape index (κ1) is 32.2. The molecular formula is C37H39F2NO6S. The average Bonchev–Trinajstić information content (AvgIpc) is 3.53. The molecule has 1 aliphatic heterocycles. The van der Waals surface area contributed by atoms with Gasteiger partial charge in [0.25, 0.3) is 0 Å². The Morgan fingerprint density at radius 2 is 1.70 bits per heavy atom. The van der Waals surface area contributed by atoms with Crippen LogP contribution in [0.15, 0.2) is 72.3 Å². The number of aliphatic hydroxyl groups excluding tert-OH is 2. The molecule has 0 unspecified atom stereocenters. The van der Waals surface area contributed by atoms with Crippen molar-refractivity contribution in [3.05, 3.63) is 89.0 Å². The number of alkyl halides is 2. The molecule has 2 aromatic rings. The zero-order valence-corrected chi connectivity index (χ0v) is 27.2. The van der Waals surface area contributed by atoms with E-state index >= 15 is 8.78 Å². The second-order valence-electron chi connectivity index (χ2n) is 14.7. The zero-order chi connectivity index (χ0) is 33.5. The molecule has 5 aliphatic rings. The molecule has 47 heavy (non-hydrogen) atoms. The second kappa shape index (κ2) is 11.1. The summed E-state index contributed by atoms with van der Waals surface area (Å²) < 4.78 is 45.5. The van der Waals surface area contributed by atoms with Crippen LogP contribution in [0.5, 0.6) is 5.75 Å². The molecule has 7 nitrogen and oxygen atoms in total. The van der Waals surface area contributed by atoms with E-state index in [0.717, 1.165) is 11.1 Å². The fourth-order valence-electron chi connectivity index (χ4n) is 10.5. The van der Waals surface area contributed by atoms with Crippen LogP contribution < -0.4 is 0 Å². The van der Waals surface area contributed by atoms with Gasteiger partial charge in [-0.25, -0.2) is 13.0 Å². The highest BCUT2D eigenvalue weighted by Gasteiger charge is 2.78. The van der Waals surface area contributed by atoms with E-state index in [1.54, 1.807) is 19.1 Å². The number of nitrogens with zero attached hydrogens (tertiary/aromatic N) is 1. The Balaban J connectivity index is 1.17. The molecule has 3 saturated carbocycles. The highest BCUT2D eigenvalue weighted by Crippen LogP contribution is 2.74. The van der Waals surface area contributed by atoms with E-state index in [1.807, 2.05) is 31.2 Å². The number of fused-ring (bicyclic) bond motifs is 7. The summed E-state index contributed by atoms with van der Waals surface area (Å²) in [6.45, 7) is 4.18. The van der Waals surface area contributed by atoms with E-state index < -0.39 is 58.4 Å². The Hall–Kier alpha value is -3.31. The molecule has 0 spiro atoms. The minimum Gasteiger partial charge on any atom is -0.508 e. The Bertz CT molecular complexity index is 1750. The molecule has 10 heteroatoms. The summed E-state index contributed by atoms with van der Waals surface area (Å²) in [5.41, 5.74) is -3.16. The lowest BCUT2D eigenvalue weighted by Gasteiger charge is -2.63. The average molecular weight is 664 g/mol. The van der Waals surface area contributed by atoms with Crippen LogP contribution in [-0.4, -0.2) is 78.5 Å². The summed E-state index contributed by atoms with van der Waals surface area (Å²) in [5.74, 6) is -2.10. The van der Waals surface area contributed by atoms with Gasteiger partial charge in [0.05, 0.1) is 27.6 Å². The number of allylic oxidation sites excluding steroid dienone is 4. The molecule has 1 saturated heterocycles. The smallest absolute Gasteiger partial charge is 0.178 e. The Morgan fingerprint density at radius 3 is 2.34 bits per heavy atom. The van der Waals surface area contributed by atoms with Crippen LogP contribution in [0, 0.1) is 34.0 Å². The van der Waals surface area contributed by atoms with Gasteiger partial charge in [-0.15, -0.1) is 0 Å². The third-order valence-electron chi connectivity index (χ3n) is 12.7. The number of rotatable bonds is 6. The number of aliphatic hydroxyl groups is 2. The number of aromatic hydroxyl groups is 1. The van der Waals surface area contributed by atoms with Gasteiger partial charge in [-0.05, 0) is 102 Å². The summed E-state index contributed by atoms with van der Waals surface area (Å²) in [5, 5.41) is 31.6. The molecule has 0 aromatic heterocycles. The molecule has 248 valence electrons. The maximum Gasteiger partial charge on any atom is 0.178 e. The zero-order valence-electron chi connectivity index (χ0n) is 26.4. The standard InChI is InChI=1S/C37H39F2NO6S/c1-34-12-11-26(43)14-29(34)30(38)15-28-27-13-24-18-40(20-36(24,32(45)19-41)35(27,2)16-31(44)37(28,34)39)17-21-3-5-22(6-4-21)33(47-46)23-7-9-25(42)10-8-23/h3-12,14,24,27-28,30-31,41-42,44H,13,15-20H2,1-2H3/t24-,27-,28-,30-,31-,34-,35-,36+,37-/m0/s1. The number of Topliss-reactive ketones (excluding diaryl/α,β-unsaturated/α-hetero) is 1. The minimum atomic E-state index is -2.22. The van der Waals surface area contributed by atoms with Gasteiger partial charge in [-0.1, -0.05) is 37.3 Å². The summed E-state index contributed by atoms with van der Waals surface area (Å²) in [6.07, 6.45) is 1.09. The highest BCUT2D eigenvalue weighted by molar-refractivity contribution is 7.67. The molecule has 1 heterocycles. The van der Waals surface area contributed by atoms with Gasteiger partial charge in [0.15, 0.2) is 17.2 Å². The quantitative estimate of drug-likeness (QED) is 0.315. The van der Waals surface area contributed by atoms with Crippen molar-refractivity contribution in [1.29, 1.82) is 0 Å². The topological polar surface area (TPSA) is 115 Å². The fraction of sp³-hybridized carbons (Fsp3) is 0.486. The summed E-state index contributed by atoms with van der Waals surface area (Å²) in [7, 11) is 0. The number of benzene rings is 2. The molecule has 9 atom stereocenters. The number of likely N-dealkylation sites (tertiary alicyclic amines) is 1. The molecule has 0 radical (unpaired) electrons. The van der Waals surface area contributed by atoms with Crippen molar-refractivity contribution >= 4 is 27.7 Å². The van der Waals surface area contributed by atoms with Crippen LogP contribution >= 0.6 is 0 Å². The lowest BCUT2D eigenvalue weighted by Crippen LogP contribution is -2.69. The van der Waals surface area contributed by atoms with Gasteiger partial charge >= 0.3 is 0 Å². The SMILES string of the molecule is C[C@]12C=CC(=O)C=C1[C@@H](F)C[C@H]1[C@@H]3C[C@H]4CN(Cc5ccc(C(=S=O)c6ccc(O)cc6)cc5)C[C@@]4(C(=O)CO)[C@@]3(C)C[C@H](O)[C@@]12F. The van der Waals surface area contributed by atoms with Gasteiger partial charge in [-0.3, -0.25) is 14.5 Å². The van der Waals surface area contributed by atoms with Crippen molar-refractivity contribution < 1.29 is 37.9 Å². The van der Waals surface area contributed by atoms with Crippen LogP contribution in [0.2, 0.25) is 0 Å². The van der Waals surface area contributed by atoms with Crippen LogP contribution in [0.3, 0.4) is 0 Å². The number of phenols is 1. The van der Waals surface area contributed by atoms with E-state index in [1.165, 1.54) is 30.4 Å². The predicted molar refractivity (Wildman–Crippen MR) is 173 cm³/mol. The summed E-state index contributed by atoms with van der Waals surface area (Å²) in [4.78, 5) is 28.7. The third kappa shape index (κ3) is 4.40. The summed E-state index contributed by atoms with van der Waals surface area (Å²) >= 11 is 0.382. The number of ketones is 2. The number of carbonyl (C=O) groups excluding carboxylic acids is 2. The first-order valence-electron chi connectivity index (χ1n) is 16.2. The van der Waals surface area contributed by atoms with Gasteiger partial charge in [0.2, 0.25) is 0 Å². The summed E-state index contributed by atoms with van der Waals surface area (Å²) in [6, 6.07) is 14.1. The van der Waals surface area contributed by atoms with Crippen molar-refractivity contribution in [1.82, 2.24) is 4.90 Å². The van der Waals surface area contributed by atoms with Crippen LogP contribution in [-0.2, 0) is 27.4 Å². The van der Waals surface area contributed by atoms with E-state index in [9.17, 15) is 29.1 Å². The molecule has 0 amide bonds. The van der Waals surface area contributed by atoms with E-state index in [2.05, 4.69) is 4.90 Å². The van der Waals surface area contributed by atoms with E-state index in [4.69, 9.17) is 0 Å². The molecule has 0 bridgehead atoms. The number of halogens is 2. The molecule has 3 N–H and O–H groups in total. The van der Waals surface area contributed by atoms with Crippen molar-refractivity contribution in [3.8, 4) is 5.75 Å². The first-order chi connectivity index (χ1) is 22.3. The van der Waals surface area contributed by atoms with Crippen molar-refractivity contribution in [2.75, 3.05) is 19.7 Å². The maximum absolute atomic E-state index is 17.6. The van der Waals surface area contributed by atoms with Gasteiger partial charge in [-0.2, -0.15) is 0 Å². The fourth-order valence-corrected chi connectivity index (χ4v) is 11.0. The minimum absolute atomic E-state index is 0.0141. The molecular weight excluding hydrogens is 624 g/mol. The highest BCUT2D eigenvalue weighted by atomic mass is 32.1. The number of carbonyl (C=O) groups is 2. The second-order valence-corrected chi connectivity index (χ2v) is 15.2. The van der Waals surface area contributed by atoms with Gasteiger partial charge in [0.1, 0.15) is 18.5 Å².